The zero-order chi connectivity index (χ0) is 16.7. The minimum absolute atomic E-state index is 0.0297. The SMILES string of the molecule is CN(CCC(=O)O)c1cc(CNCc2ccccn2)ccc1F. The number of nitrogens with zero attached hydrogens (tertiary/aromatic N) is 2. The molecule has 0 saturated carbocycles. The van der Waals surface area contributed by atoms with Crippen LogP contribution in [0.1, 0.15) is 17.7 Å². The summed E-state index contributed by atoms with van der Waals surface area (Å²) in [4.78, 5) is 16.5. The third-order valence-electron chi connectivity index (χ3n) is 3.44. The van der Waals surface area contributed by atoms with Crippen molar-refractivity contribution >= 4 is 11.7 Å². The molecule has 0 spiro atoms. The molecule has 2 N–H and O–H groups in total. The molecule has 0 saturated heterocycles. The van der Waals surface area contributed by atoms with E-state index in [1.165, 1.54) is 6.07 Å². The van der Waals surface area contributed by atoms with E-state index in [1.807, 2.05) is 18.2 Å². The Balaban J connectivity index is 1.95. The van der Waals surface area contributed by atoms with Crippen LogP contribution in [0.25, 0.3) is 0 Å². The highest BCUT2D eigenvalue weighted by molar-refractivity contribution is 5.67. The number of anilines is 1. The van der Waals surface area contributed by atoms with Crippen molar-refractivity contribution in [3.63, 3.8) is 0 Å². The van der Waals surface area contributed by atoms with E-state index in [9.17, 15) is 9.18 Å². The van der Waals surface area contributed by atoms with Gasteiger partial charge < -0.3 is 15.3 Å². The van der Waals surface area contributed by atoms with E-state index in [0.29, 0.717) is 18.8 Å². The molecule has 0 aliphatic heterocycles. The maximum absolute atomic E-state index is 13.9. The lowest BCUT2D eigenvalue weighted by Crippen LogP contribution is -2.22. The molecule has 2 aromatic rings. The summed E-state index contributed by atoms with van der Waals surface area (Å²) in [6, 6.07) is 10.6. The van der Waals surface area contributed by atoms with E-state index in [-0.39, 0.29) is 18.8 Å². The summed E-state index contributed by atoms with van der Waals surface area (Å²) >= 11 is 0. The molecule has 1 aromatic carbocycles. The van der Waals surface area contributed by atoms with Crippen LogP contribution in [0.4, 0.5) is 10.1 Å². The third kappa shape index (κ3) is 5.34. The van der Waals surface area contributed by atoms with Gasteiger partial charge >= 0.3 is 5.97 Å². The Bertz CT molecular complexity index is 650. The second-order valence-electron chi connectivity index (χ2n) is 5.28. The molecule has 2 rings (SSSR count). The maximum Gasteiger partial charge on any atom is 0.305 e. The quantitative estimate of drug-likeness (QED) is 0.783. The van der Waals surface area contributed by atoms with Crippen LogP contribution in [0.5, 0.6) is 0 Å². The first-order valence-corrected chi connectivity index (χ1v) is 7.38. The highest BCUT2D eigenvalue weighted by Crippen LogP contribution is 2.20. The number of aromatic nitrogens is 1. The van der Waals surface area contributed by atoms with E-state index in [2.05, 4.69) is 10.3 Å². The number of carboxylic acid groups (broad SMARTS) is 1. The summed E-state index contributed by atoms with van der Waals surface area (Å²) in [5.74, 6) is -1.25. The number of carboxylic acids is 1. The Morgan fingerprint density at radius 1 is 1.30 bits per heavy atom. The molecular weight excluding hydrogens is 297 g/mol. The number of nitrogens with one attached hydrogen (secondary N) is 1. The van der Waals surface area contributed by atoms with Gasteiger partial charge in [0.2, 0.25) is 0 Å². The number of halogens is 1. The van der Waals surface area contributed by atoms with Gasteiger partial charge in [-0.05, 0) is 29.8 Å². The summed E-state index contributed by atoms with van der Waals surface area (Å²) < 4.78 is 13.9. The van der Waals surface area contributed by atoms with Crippen molar-refractivity contribution in [3.05, 3.63) is 59.7 Å². The van der Waals surface area contributed by atoms with Gasteiger partial charge in [0.15, 0.2) is 0 Å². The summed E-state index contributed by atoms with van der Waals surface area (Å²) in [7, 11) is 1.69. The lowest BCUT2D eigenvalue weighted by Gasteiger charge is -2.20. The molecule has 0 atom stereocenters. The standard InChI is InChI=1S/C17H20FN3O2/c1-21(9-7-17(22)23)16-10-13(5-6-15(16)18)11-19-12-14-4-2-3-8-20-14/h2-6,8,10,19H,7,9,11-12H2,1H3,(H,22,23). The van der Waals surface area contributed by atoms with E-state index in [4.69, 9.17) is 5.11 Å². The first-order valence-electron chi connectivity index (χ1n) is 7.38. The lowest BCUT2D eigenvalue weighted by atomic mass is 10.1. The molecule has 0 amide bonds. The van der Waals surface area contributed by atoms with Gasteiger partial charge in [-0.3, -0.25) is 9.78 Å². The maximum atomic E-state index is 13.9. The van der Waals surface area contributed by atoms with Crippen molar-refractivity contribution in [3.8, 4) is 0 Å². The summed E-state index contributed by atoms with van der Waals surface area (Å²) in [5, 5.41) is 12.0. The number of rotatable bonds is 8. The van der Waals surface area contributed by atoms with E-state index in [0.717, 1.165) is 11.3 Å². The normalized spacial score (nSPS) is 10.5. The van der Waals surface area contributed by atoms with Gasteiger partial charge in [0.25, 0.3) is 0 Å². The molecule has 0 aliphatic rings. The van der Waals surface area contributed by atoms with Crippen molar-refractivity contribution in [1.82, 2.24) is 10.3 Å². The van der Waals surface area contributed by atoms with Crippen LogP contribution in [0.2, 0.25) is 0 Å². The Morgan fingerprint density at radius 2 is 2.13 bits per heavy atom. The number of pyridine rings is 1. The number of carbonyl (C=O) groups is 1. The summed E-state index contributed by atoms with van der Waals surface area (Å²) in [5.41, 5.74) is 2.27. The van der Waals surface area contributed by atoms with Crippen molar-refractivity contribution in [1.29, 1.82) is 0 Å². The molecule has 23 heavy (non-hydrogen) atoms. The summed E-state index contributed by atoms with van der Waals surface area (Å²) in [6.07, 6.45) is 1.71. The van der Waals surface area contributed by atoms with Gasteiger partial charge in [0, 0.05) is 32.9 Å². The van der Waals surface area contributed by atoms with Gasteiger partial charge in [-0.15, -0.1) is 0 Å². The largest absolute Gasteiger partial charge is 0.481 e. The molecule has 6 heteroatoms. The van der Waals surface area contributed by atoms with Gasteiger partial charge in [-0.1, -0.05) is 12.1 Å². The molecular formula is C17H20FN3O2. The van der Waals surface area contributed by atoms with E-state index in [1.54, 1.807) is 30.3 Å². The predicted molar refractivity (Wildman–Crippen MR) is 86.7 cm³/mol. The topological polar surface area (TPSA) is 65.5 Å². The molecule has 0 unspecified atom stereocenters. The number of hydrogen-bond acceptors (Lipinski definition) is 4. The van der Waals surface area contributed by atoms with Crippen LogP contribution < -0.4 is 10.2 Å². The van der Waals surface area contributed by atoms with Gasteiger partial charge in [0.1, 0.15) is 5.82 Å². The zero-order valence-electron chi connectivity index (χ0n) is 13.0. The number of hydrogen-bond donors (Lipinski definition) is 2. The van der Waals surface area contributed by atoms with E-state index < -0.39 is 5.97 Å². The van der Waals surface area contributed by atoms with Crippen LogP contribution >= 0.6 is 0 Å². The first-order chi connectivity index (χ1) is 11.1. The number of aliphatic carboxylic acids is 1. The lowest BCUT2D eigenvalue weighted by molar-refractivity contribution is -0.136. The van der Waals surface area contributed by atoms with Crippen LogP contribution in [0, 0.1) is 5.82 Å². The Kier molecular flexibility index (Phi) is 6.05. The predicted octanol–water partition coefficient (Wildman–Crippen LogP) is 2.42. The Hall–Kier alpha value is -2.47. The van der Waals surface area contributed by atoms with Crippen LogP contribution in [0.15, 0.2) is 42.6 Å². The molecule has 122 valence electrons. The monoisotopic (exact) mass is 317 g/mol. The van der Waals surface area contributed by atoms with Crippen molar-refractivity contribution < 1.29 is 14.3 Å². The Labute approximate surface area is 134 Å². The minimum atomic E-state index is -0.898. The van der Waals surface area contributed by atoms with Crippen molar-refractivity contribution in [2.24, 2.45) is 0 Å². The third-order valence-corrected chi connectivity index (χ3v) is 3.44. The van der Waals surface area contributed by atoms with Crippen LogP contribution in [0.3, 0.4) is 0 Å². The molecule has 1 heterocycles. The molecule has 1 aromatic heterocycles. The van der Waals surface area contributed by atoms with Crippen molar-refractivity contribution in [2.75, 3.05) is 18.5 Å². The molecule has 0 aliphatic carbocycles. The first kappa shape index (κ1) is 16.9. The fourth-order valence-corrected chi connectivity index (χ4v) is 2.18. The second-order valence-corrected chi connectivity index (χ2v) is 5.28. The minimum Gasteiger partial charge on any atom is -0.481 e. The number of benzene rings is 1. The van der Waals surface area contributed by atoms with Crippen molar-refractivity contribution in [2.45, 2.75) is 19.5 Å². The summed E-state index contributed by atoms with van der Waals surface area (Å²) in [6.45, 7) is 1.47. The molecule has 0 bridgehead atoms. The van der Waals surface area contributed by atoms with Crippen LogP contribution in [-0.4, -0.2) is 29.7 Å². The zero-order valence-corrected chi connectivity index (χ0v) is 13.0. The smallest absolute Gasteiger partial charge is 0.305 e. The average molecular weight is 317 g/mol. The fourth-order valence-electron chi connectivity index (χ4n) is 2.18. The Morgan fingerprint density at radius 3 is 2.83 bits per heavy atom. The molecule has 5 nitrogen and oxygen atoms in total. The second kappa shape index (κ2) is 8.24. The van der Waals surface area contributed by atoms with Gasteiger partial charge in [-0.25, -0.2) is 4.39 Å². The fraction of sp³-hybridized carbons (Fsp3) is 0.294. The van der Waals surface area contributed by atoms with E-state index >= 15 is 0 Å². The highest BCUT2D eigenvalue weighted by Gasteiger charge is 2.10. The van der Waals surface area contributed by atoms with Crippen LogP contribution in [-0.2, 0) is 17.9 Å². The molecule has 0 radical (unpaired) electrons. The highest BCUT2D eigenvalue weighted by atomic mass is 19.1. The van der Waals surface area contributed by atoms with Gasteiger partial charge in [0.05, 0.1) is 17.8 Å². The molecule has 0 fully saturated rings. The van der Waals surface area contributed by atoms with Gasteiger partial charge in [-0.2, -0.15) is 0 Å². The average Bonchev–Trinajstić information content (AvgIpc) is 2.55.